The summed E-state index contributed by atoms with van der Waals surface area (Å²) in [6.45, 7) is 5.25. The molecule has 0 aromatic heterocycles. The number of nitrogens with one attached hydrogen (secondary N) is 2. The van der Waals surface area contributed by atoms with Crippen molar-refractivity contribution in [1.82, 2.24) is 10.2 Å². The monoisotopic (exact) mass is 443 g/mol. The van der Waals surface area contributed by atoms with Crippen LogP contribution in [0.2, 0.25) is 5.02 Å². The highest BCUT2D eigenvalue weighted by atomic mass is 35.5. The Morgan fingerprint density at radius 2 is 1.94 bits per heavy atom. The predicted octanol–water partition coefficient (Wildman–Crippen LogP) is 4.85. The van der Waals surface area contributed by atoms with Gasteiger partial charge in [0.1, 0.15) is 0 Å². The number of likely N-dealkylation sites (tertiary alicyclic amines) is 1. The molecule has 166 valence electrons. The van der Waals surface area contributed by atoms with E-state index in [1.165, 1.54) is 0 Å². The summed E-state index contributed by atoms with van der Waals surface area (Å²) in [5.74, 6) is 0.112. The van der Waals surface area contributed by atoms with Crippen LogP contribution in [0, 0.1) is 5.92 Å². The lowest BCUT2D eigenvalue weighted by molar-refractivity contribution is 0.0949. The van der Waals surface area contributed by atoms with Crippen LogP contribution in [-0.4, -0.2) is 41.1 Å². The number of urea groups is 1. The number of halogens is 1. The van der Waals surface area contributed by atoms with Crippen molar-refractivity contribution < 1.29 is 14.7 Å². The van der Waals surface area contributed by atoms with E-state index in [0.717, 1.165) is 18.4 Å². The summed E-state index contributed by atoms with van der Waals surface area (Å²) in [5.41, 5.74) is 1.77. The fraction of sp³-hybridized carbons (Fsp3) is 0.417. The third-order valence-electron chi connectivity index (χ3n) is 5.45. The lowest BCUT2D eigenvalue weighted by Gasteiger charge is -2.27. The van der Waals surface area contributed by atoms with Crippen molar-refractivity contribution in [2.24, 2.45) is 5.92 Å². The standard InChI is InChI=1S/C24H30ClN3O3/c1-16(2)15-26-23(30)20-11-10-18(13-21(20)25)27-24(31)28-12-6-9-19(28)14-22(29)17-7-4-3-5-8-17/h3-5,7-8,10-11,13,16,19,22,29H,6,9,12,14-15H2,1-2H3,(H,26,30)(H,27,31). The van der Waals surface area contributed by atoms with Gasteiger partial charge in [-0.3, -0.25) is 4.79 Å². The first-order chi connectivity index (χ1) is 14.8. The Labute approximate surface area is 188 Å². The van der Waals surface area contributed by atoms with Crippen molar-refractivity contribution >= 4 is 29.2 Å². The number of hydrogen-bond donors (Lipinski definition) is 3. The number of aliphatic hydroxyl groups is 1. The minimum Gasteiger partial charge on any atom is -0.388 e. The van der Waals surface area contributed by atoms with Gasteiger partial charge in [0, 0.05) is 24.8 Å². The maximum absolute atomic E-state index is 12.9. The molecule has 1 aliphatic heterocycles. The largest absolute Gasteiger partial charge is 0.388 e. The highest BCUT2D eigenvalue weighted by Crippen LogP contribution is 2.28. The second-order valence-corrected chi connectivity index (χ2v) is 8.79. The van der Waals surface area contributed by atoms with Crippen LogP contribution in [0.15, 0.2) is 48.5 Å². The average Bonchev–Trinajstić information content (AvgIpc) is 3.21. The van der Waals surface area contributed by atoms with Crippen molar-refractivity contribution in [1.29, 1.82) is 0 Å². The summed E-state index contributed by atoms with van der Waals surface area (Å²) in [7, 11) is 0. The number of carbonyl (C=O) groups is 2. The number of benzene rings is 2. The highest BCUT2D eigenvalue weighted by molar-refractivity contribution is 6.34. The van der Waals surface area contributed by atoms with Crippen molar-refractivity contribution in [3.8, 4) is 0 Å². The predicted molar refractivity (Wildman–Crippen MR) is 123 cm³/mol. The molecule has 2 aromatic carbocycles. The SMILES string of the molecule is CC(C)CNC(=O)c1ccc(NC(=O)N2CCCC2CC(O)c2ccccc2)cc1Cl. The van der Waals surface area contributed by atoms with E-state index in [0.29, 0.717) is 36.7 Å². The van der Waals surface area contributed by atoms with Crippen LogP contribution in [0.1, 0.15) is 55.1 Å². The second-order valence-electron chi connectivity index (χ2n) is 8.38. The summed E-state index contributed by atoms with van der Waals surface area (Å²) in [5, 5.41) is 16.6. The van der Waals surface area contributed by atoms with E-state index in [-0.39, 0.29) is 23.0 Å². The molecule has 31 heavy (non-hydrogen) atoms. The summed E-state index contributed by atoms with van der Waals surface area (Å²) in [6, 6.07) is 14.1. The van der Waals surface area contributed by atoms with Crippen molar-refractivity contribution in [2.45, 2.75) is 45.3 Å². The zero-order chi connectivity index (χ0) is 22.4. The molecule has 0 spiro atoms. The molecule has 0 aliphatic carbocycles. The quantitative estimate of drug-likeness (QED) is 0.572. The van der Waals surface area contributed by atoms with Crippen LogP contribution in [0.25, 0.3) is 0 Å². The molecular formula is C24H30ClN3O3. The number of rotatable bonds is 7. The van der Waals surface area contributed by atoms with Crippen molar-refractivity contribution in [2.75, 3.05) is 18.4 Å². The maximum Gasteiger partial charge on any atom is 0.322 e. The molecule has 1 heterocycles. The van der Waals surface area contributed by atoms with E-state index in [1.54, 1.807) is 23.1 Å². The highest BCUT2D eigenvalue weighted by Gasteiger charge is 2.31. The van der Waals surface area contributed by atoms with Crippen molar-refractivity contribution in [3.63, 3.8) is 0 Å². The molecule has 2 unspecified atom stereocenters. The van der Waals surface area contributed by atoms with E-state index in [2.05, 4.69) is 10.6 Å². The lowest BCUT2D eigenvalue weighted by Crippen LogP contribution is -2.39. The average molecular weight is 444 g/mol. The first-order valence-electron chi connectivity index (χ1n) is 10.7. The van der Waals surface area contributed by atoms with E-state index in [9.17, 15) is 14.7 Å². The third-order valence-corrected chi connectivity index (χ3v) is 5.77. The molecule has 0 saturated carbocycles. The van der Waals surface area contributed by atoms with Gasteiger partial charge in [0.05, 0.1) is 16.7 Å². The number of anilines is 1. The molecule has 1 saturated heterocycles. The Kier molecular flexibility index (Phi) is 7.93. The first-order valence-corrected chi connectivity index (χ1v) is 11.1. The smallest absolute Gasteiger partial charge is 0.322 e. The molecule has 2 aromatic rings. The molecular weight excluding hydrogens is 414 g/mol. The molecule has 1 aliphatic rings. The molecule has 7 heteroatoms. The van der Waals surface area contributed by atoms with Gasteiger partial charge in [-0.15, -0.1) is 0 Å². The zero-order valence-electron chi connectivity index (χ0n) is 18.0. The number of hydrogen-bond acceptors (Lipinski definition) is 3. The van der Waals surface area contributed by atoms with Gasteiger partial charge in [-0.1, -0.05) is 55.8 Å². The molecule has 3 amide bonds. The van der Waals surface area contributed by atoms with Crippen molar-refractivity contribution in [3.05, 3.63) is 64.7 Å². The second kappa shape index (κ2) is 10.6. The fourth-order valence-electron chi connectivity index (χ4n) is 3.78. The van der Waals surface area contributed by atoms with Crippen LogP contribution in [-0.2, 0) is 0 Å². The fourth-order valence-corrected chi connectivity index (χ4v) is 4.05. The minimum absolute atomic E-state index is 0.0354. The van der Waals surface area contributed by atoms with Gasteiger partial charge in [-0.2, -0.15) is 0 Å². The van der Waals surface area contributed by atoms with Gasteiger partial charge in [0.2, 0.25) is 0 Å². The zero-order valence-corrected chi connectivity index (χ0v) is 18.7. The molecule has 2 atom stereocenters. The first kappa shape index (κ1) is 23.1. The van der Waals surface area contributed by atoms with Gasteiger partial charge in [-0.25, -0.2) is 4.79 Å². The van der Waals surface area contributed by atoms with Crippen LogP contribution < -0.4 is 10.6 Å². The Hall–Kier alpha value is -2.57. The maximum atomic E-state index is 12.9. The van der Waals surface area contributed by atoms with E-state index in [1.807, 2.05) is 44.2 Å². The summed E-state index contributed by atoms with van der Waals surface area (Å²) in [6.07, 6.45) is 1.63. The number of amides is 3. The third kappa shape index (κ3) is 6.21. The Bertz CT molecular complexity index is 904. The summed E-state index contributed by atoms with van der Waals surface area (Å²) < 4.78 is 0. The Balaban J connectivity index is 1.61. The van der Waals surface area contributed by atoms with Crippen LogP contribution >= 0.6 is 11.6 Å². The molecule has 3 N–H and O–H groups in total. The Morgan fingerprint density at radius 1 is 1.19 bits per heavy atom. The summed E-state index contributed by atoms with van der Waals surface area (Å²) >= 11 is 6.29. The molecule has 3 rings (SSSR count). The van der Waals surface area contributed by atoms with Gasteiger partial charge in [0.15, 0.2) is 0 Å². The number of carbonyl (C=O) groups excluding carboxylic acids is 2. The van der Waals surface area contributed by atoms with Gasteiger partial charge in [0.25, 0.3) is 5.91 Å². The van der Waals surface area contributed by atoms with Crippen LogP contribution in [0.4, 0.5) is 10.5 Å². The number of nitrogens with zero attached hydrogens (tertiary/aromatic N) is 1. The van der Waals surface area contributed by atoms with E-state index >= 15 is 0 Å². The normalized spacial score (nSPS) is 16.9. The molecule has 0 bridgehead atoms. The van der Waals surface area contributed by atoms with Crippen LogP contribution in [0.5, 0.6) is 0 Å². The van der Waals surface area contributed by atoms with Crippen LogP contribution in [0.3, 0.4) is 0 Å². The summed E-state index contributed by atoms with van der Waals surface area (Å²) in [4.78, 5) is 26.9. The van der Waals surface area contributed by atoms with E-state index < -0.39 is 6.10 Å². The van der Waals surface area contributed by atoms with Gasteiger partial charge >= 0.3 is 6.03 Å². The molecule has 1 fully saturated rings. The van der Waals surface area contributed by atoms with Gasteiger partial charge < -0.3 is 20.6 Å². The Morgan fingerprint density at radius 3 is 2.61 bits per heavy atom. The minimum atomic E-state index is -0.613. The molecule has 6 nitrogen and oxygen atoms in total. The van der Waals surface area contributed by atoms with E-state index in [4.69, 9.17) is 11.6 Å². The lowest BCUT2D eigenvalue weighted by atomic mass is 10.0. The van der Waals surface area contributed by atoms with Gasteiger partial charge in [-0.05, 0) is 48.9 Å². The topological polar surface area (TPSA) is 81.7 Å². The number of aliphatic hydroxyl groups excluding tert-OH is 1. The molecule has 0 radical (unpaired) electrons.